The number of hydrogen-bond acceptors (Lipinski definition) is 2. The van der Waals surface area contributed by atoms with Crippen LogP contribution in [0, 0.1) is 0 Å². The van der Waals surface area contributed by atoms with Gasteiger partial charge in [-0.05, 0) is 103 Å². The third kappa shape index (κ3) is 4.74. The molecule has 0 aliphatic rings. The van der Waals surface area contributed by atoms with Gasteiger partial charge in [-0.3, -0.25) is 0 Å². The average molecular weight is 688 g/mol. The highest BCUT2D eigenvalue weighted by atomic mass is 16.3. The molecule has 0 saturated carbocycles. The van der Waals surface area contributed by atoms with Crippen LogP contribution in [0.2, 0.25) is 0 Å². The summed E-state index contributed by atoms with van der Waals surface area (Å²) in [6, 6.07) is 72.3. The molecule has 0 unspecified atom stereocenters. The van der Waals surface area contributed by atoms with Gasteiger partial charge in [0.15, 0.2) is 0 Å². The van der Waals surface area contributed by atoms with Crippen LogP contribution in [-0.4, -0.2) is 0 Å². The Kier molecular flexibility index (Phi) is 6.90. The Hall–Kier alpha value is -7.16. The van der Waals surface area contributed by atoms with Crippen LogP contribution in [0.1, 0.15) is 0 Å². The predicted molar refractivity (Wildman–Crippen MR) is 229 cm³/mol. The van der Waals surface area contributed by atoms with Crippen LogP contribution >= 0.6 is 0 Å². The van der Waals surface area contributed by atoms with Crippen molar-refractivity contribution in [2.75, 3.05) is 4.90 Å². The van der Waals surface area contributed by atoms with Gasteiger partial charge in [0, 0.05) is 32.9 Å². The van der Waals surface area contributed by atoms with Crippen molar-refractivity contribution in [3.63, 3.8) is 0 Å². The minimum atomic E-state index is 0.916. The first-order valence-corrected chi connectivity index (χ1v) is 18.5. The summed E-state index contributed by atoms with van der Waals surface area (Å²) < 4.78 is 6.38. The molecule has 252 valence electrons. The van der Waals surface area contributed by atoms with Crippen molar-refractivity contribution in [1.82, 2.24) is 0 Å². The maximum atomic E-state index is 6.38. The van der Waals surface area contributed by atoms with Crippen molar-refractivity contribution < 1.29 is 4.42 Å². The fourth-order valence-corrected chi connectivity index (χ4v) is 8.65. The second-order valence-corrected chi connectivity index (χ2v) is 14.0. The summed E-state index contributed by atoms with van der Waals surface area (Å²) in [5.41, 5.74) is 9.94. The molecule has 0 spiro atoms. The molecular formula is C52H33NO. The zero-order valence-corrected chi connectivity index (χ0v) is 29.4. The minimum absolute atomic E-state index is 0.916. The lowest BCUT2D eigenvalue weighted by atomic mass is 9.88. The molecule has 1 aromatic heterocycles. The first-order valence-electron chi connectivity index (χ1n) is 18.5. The summed E-state index contributed by atoms with van der Waals surface area (Å²) in [5.74, 6) is 0. The van der Waals surface area contributed by atoms with Gasteiger partial charge in [0.05, 0.1) is 5.69 Å². The molecule has 2 heteroatoms. The maximum Gasteiger partial charge on any atom is 0.136 e. The summed E-state index contributed by atoms with van der Waals surface area (Å²) in [5, 5.41) is 12.2. The predicted octanol–water partition coefficient (Wildman–Crippen LogP) is 15.0. The molecule has 0 amide bonds. The monoisotopic (exact) mass is 687 g/mol. The maximum absolute atomic E-state index is 6.38. The van der Waals surface area contributed by atoms with Gasteiger partial charge in [0.1, 0.15) is 11.2 Å². The normalized spacial score (nSPS) is 11.7. The fraction of sp³-hybridized carbons (Fsp3) is 0. The van der Waals surface area contributed by atoms with Crippen LogP contribution in [0.3, 0.4) is 0 Å². The molecular weight excluding hydrogens is 655 g/mol. The van der Waals surface area contributed by atoms with Gasteiger partial charge in [-0.2, -0.15) is 0 Å². The molecule has 0 aliphatic carbocycles. The van der Waals surface area contributed by atoms with Crippen LogP contribution in [-0.2, 0) is 0 Å². The van der Waals surface area contributed by atoms with Crippen LogP contribution in [0.15, 0.2) is 205 Å². The summed E-state index contributed by atoms with van der Waals surface area (Å²) in [6.45, 7) is 0. The lowest BCUT2D eigenvalue weighted by molar-refractivity contribution is 0.669. The van der Waals surface area contributed by atoms with E-state index >= 15 is 0 Å². The van der Waals surface area contributed by atoms with Crippen molar-refractivity contribution in [3.05, 3.63) is 200 Å². The number of furan rings is 1. The number of nitrogens with zero attached hydrogens (tertiary/aromatic N) is 1. The Morgan fingerprint density at radius 1 is 0.315 bits per heavy atom. The van der Waals surface area contributed by atoms with E-state index in [1.807, 2.05) is 6.07 Å². The highest BCUT2D eigenvalue weighted by molar-refractivity contribution is 6.36. The smallest absolute Gasteiger partial charge is 0.136 e. The molecule has 2 nitrogen and oxygen atoms in total. The Morgan fingerprint density at radius 3 is 1.69 bits per heavy atom. The number of rotatable bonds is 5. The van der Waals surface area contributed by atoms with Gasteiger partial charge in [0.25, 0.3) is 0 Å². The van der Waals surface area contributed by atoms with E-state index in [0.29, 0.717) is 0 Å². The number of benzene rings is 10. The standard InChI is InChI=1S/C52H33NO/c1-2-14-34(15-3-1)36-18-10-20-38(32-36)53(47-28-12-17-35-16-4-5-22-40(35)47)39-21-11-19-37(33-39)41-26-13-27-43-45-30-31-49-52(46-25-8-9-29-48(46)54-49)51(45)44-24-7-6-23-42(44)50(41)43/h1-33H. The first-order chi connectivity index (χ1) is 26.8. The van der Waals surface area contributed by atoms with Crippen molar-refractivity contribution >= 4 is 82.1 Å². The summed E-state index contributed by atoms with van der Waals surface area (Å²) in [7, 11) is 0. The van der Waals surface area contributed by atoms with E-state index < -0.39 is 0 Å². The zero-order valence-electron chi connectivity index (χ0n) is 29.4. The van der Waals surface area contributed by atoms with E-state index in [2.05, 4.69) is 199 Å². The molecule has 0 aliphatic heterocycles. The molecule has 0 N–H and O–H groups in total. The Balaban J connectivity index is 1.16. The van der Waals surface area contributed by atoms with Crippen molar-refractivity contribution in [2.45, 2.75) is 0 Å². The third-order valence-electron chi connectivity index (χ3n) is 11.0. The summed E-state index contributed by atoms with van der Waals surface area (Å²) >= 11 is 0. The molecule has 0 saturated heterocycles. The Morgan fingerprint density at radius 2 is 0.870 bits per heavy atom. The van der Waals surface area contributed by atoms with E-state index in [4.69, 9.17) is 4.42 Å². The molecule has 10 aromatic carbocycles. The first kappa shape index (κ1) is 30.5. The molecule has 0 fully saturated rings. The zero-order chi connectivity index (χ0) is 35.6. The van der Waals surface area contributed by atoms with Crippen LogP contribution in [0.25, 0.3) is 87.3 Å². The second kappa shape index (κ2) is 12.2. The topological polar surface area (TPSA) is 16.4 Å². The molecule has 0 bridgehead atoms. The number of hydrogen-bond donors (Lipinski definition) is 0. The lowest BCUT2D eigenvalue weighted by Gasteiger charge is -2.28. The average Bonchev–Trinajstić information content (AvgIpc) is 3.63. The third-order valence-corrected chi connectivity index (χ3v) is 11.0. The SMILES string of the molecule is c1ccc(-c2cccc(N(c3cccc(-c4cccc5c6ccc7oc8ccccc8c7c6c6ccccc6c45)c3)c3cccc4ccccc34)c2)cc1. The van der Waals surface area contributed by atoms with Crippen molar-refractivity contribution in [2.24, 2.45) is 0 Å². The number of para-hydroxylation sites is 1. The Bertz CT molecular complexity index is 3190. The lowest BCUT2D eigenvalue weighted by Crippen LogP contribution is -2.10. The Labute approximate surface area is 312 Å². The summed E-state index contributed by atoms with van der Waals surface area (Å²) in [4.78, 5) is 2.41. The second-order valence-electron chi connectivity index (χ2n) is 14.0. The van der Waals surface area contributed by atoms with E-state index in [-0.39, 0.29) is 0 Å². The molecule has 11 rings (SSSR count). The van der Waals surface area contributed by atoms with Gasteiger partial charge in [-0.15, -0.1) is 0 Å². The molecule has 1 heterocycles. The van der Waals surface area contributed by atoms with E-state index in [0.717, 1.165) is 33.6 Å². The van der Waals surface area contributed by atoms with E-state index in [1.165, 1.54) is 70.7 Å². The fourth-order valence-electron chi connectivity index (χ4n) is 8.65. The van der Waals surface area contributed by atoms with Gasteiger partial charge >= 0.3 is 0 Å². The highest BCUT2D eigenvalue weighted by Gasteiger charge is 2.20. The number of anilines is 3. The molecule has 54 heavy (non-hydrogen) atoms. The van der Waals surface area contributed by atoms with Gasteiger partial charge in [-0.25, -0.2) is 0 Å². The van der Waals surface area contributed by atoms with Crippen LogP contribution in [0.4, 0.5) is 17.1 Å². The quantitative estimate of drug-likeness (QED) is 0.168. The van der Waals surface area contributed by atoms with E-state index in [9.17, 15) is 0 Å². The van der Waals surface area contributed by atoms with Gasteiger partial charge in [0.2, 0.25) is 0 Å². The van der Waals surface area contributed by atoms with Gasteiger partial charge < -0.3 is 9.32 Å². The molecule has 11 aromatic rings. The molecule has 0 radical (unpaired) electrons. The van der Waals surface area contributed by atoms with Crippen LogP contribution < -0.4 is 4.90 Å². The van der Waals surface area contributed by atoms with Crippen molar-refractivity contribution in [1.29, 1.82) is 0 Å². The molecule has 0 atom stereocenters. The van der Waals surface area contributed by atoms with Crippen LogP contribution in [0.5, 0.6) is 0 Å². The van der Waals surface area contributed by atoms with E-state index in [1.54, 1.807) is 0 Å². The largest absolute Gasteiger partial charge is 0.456 e. The number of fused-ring (bicyclic) bond motifs is 11. The highest BCUT2D eigenvalue weighted by Crippen LogP contribution is 2.46. The van der Waals surface area contributed by atoms with Gasteiger partial charge in [-0.1, -0.05) is 152 Å². The van der Waals surface area contributed by atoms with Crippen molar-refractivity contribution in [3.8, 4) is 22.3 Å². The minimum Gasteiger partial charge on any atom is -0.456 e. The summed E-state index contributed by atoms with van der Waals surface area (Å²) in [6.07, 6.45) is 0.